The van der Waals surface area contributed by atoms with E-state index in [2.05, 4.69) is 33.4 Å². The maximum absolute atomic E-state index is 11.0. The average Bonchev–Trinajstić information content (AvgIpc) is 2.42. The van der Waals surface area contributed by atoms with Crippen LogP contribution in [-0.2, 0) is 4.79 Å². The summed E-state index contributed by atoms with van der Waals surface area (Å²) in [4.78, 5) is 13.3. The van der Waals surface area contributed by atoms with Crippen molar-refractivity contribution in [3.05, 3.63) is 52.5 Å². The number of rotatable bonds is 4. The van der Waals surface area contributed by atoms with Crippen LogP contribution in [0, 0.1) is 0 Å². The van der Waals surface area contributed by atoms with Crippen LogP contribution in [0.3, 0.4) is 0 Å². The zero-order valence-electron chi connectivity index (χ0n) is 11.9. The number of nitrogens with one attached hydrogen (secondary N) is 1. The lowest BCUT2D eigenvalue weighted by molar-refractivity contribution is -0.114. The summed E-state index contributed by atoms with van der Waals surface area (Å²) in [5.41, 5.74) is 7.95. The summed E-state index contributed by atoms with van der Waals surface area (Å²) in [6.07, 6.45) is 0. The Morgan fingerprint density at radius 1 is 1.24 bits per heavy atom. The fourth-order valence-corrected chi connectivity index (χ4v) is 3.31. The molecule has 5 heteroatoms. The lowest BCUT2D eigenvalue weighted by Crippen LogP contribution is -2.06. The second kappa shape index (κ2) is 7.11. The first kappa shape index (κ1) is 16.1. The summed E-state index contributed by atoms with van der Waals surface area (Å²) >= 11 is 5.14. The highest BCUT2D eigenvalue weighted by molar-refractivity contribution is 9.10. The van der Waals surface area contributed by atoms with E-state index in [1.54, 1.807) is 11.8 Å². The Labute approximate surface area is 137 Å². The molecule has 1 unspecified atom stereocenters. The summed E-state index contributed by atoms with van der Waals surface area (Å²) in [5.74, 6) is -0.0671. The first-order valence-corrected chi connectivity index (χ1v) is 8.17. The minimum absolute atomic E-state index is 0.0244. The van der Waals surface area contributed by atoms with Gasteiger partial charge in [0.25, 0.3) is 0 Å². The third kappa shape index (κ3) is 4.59. The molecule has 2 rings (SSSR count). The quantitative estimate of drug-likeness (QED) is 0.834. The third-order valence-corrected chi connectivity index (χ3v) is 4.46. The van der Waals surface area contributed by atoms with Gasteiger partial charge >= 0.3 is 0 Å². The van der Waals surface area contributed by atoms with Gasteiger partial charge in [-0.3, -0.25) is 4.79 Å². The molecule has 2 aromatic carbocycles. The summed E-state index contributed by atoms with van der Waals surface area (Å²) < 4.78 is 1.03. The van der Waals surface area contributed by atoms with Crippen LogP contribution in [0.2, 0.25) is 0 Å². The van der Waals surface area contributed by atoms with Crippen molar-refractivity contribution < 1.29 is 4.79 Å². The summed E-state index contributed by atoms with van der Waals surface area (Å²) in [7, 11) is 0. The van der Waals surface area contributed by atoms with E-state index in [0.29, 0.717) is 0 Å². The molecule has 0 spiro atoms. The van der Waals surface area contributed by atoms with Gasteiger partial charge in [0, 0.05) is 32.9 Å². The Morgan fingerprint density at radius 2 is 1.90 bits per heavy atom. The molecule has 3 N–H and O–H groups in total. The molecule has 3 nitrogen and oxygen atoms in total. The van der Waals surface area contributed by atoms with Crippen LogP contribution in [0.4, 0.5) is 5.69 Å². The van der Waals surface area contributed by atoms with Gasteiger partial charge in [0.1, 0.15) is 0 Å². The number of benzene rings is 2. The minimum Gasteiger partial charge on any atom is -0.326 e. The van der Waals surface area contributed by atoms with E-state index in [0.717, 1.165) is 25.5 Å². The van der Waals surface area contributed by atoms with Gasteiger partial charge in [-0.15, -0.1) is 0 Å². The number of amides is 1. The van der Waals surface area contributed by atoms with Crippen molar-refractivity contribution in [3.8, 4) is 0 Å². The Bertz CT molecular complexity index is 641. The molecule has 1 atom stereocenters. The molecule has 0 saturated heterocycles. The van der Waals surface area contributed by atoms with Crippen LogP contribution < -0.4 is 11.1 Å². The topological polar surface area (TPSA) is 55.1 Å². The van der Waals surface area contributed by atoms with Crippen molar-refractivity contribution >= 4 is 39.3 Å². The van der Waals surface area contributed by atoms with Crippen molar-refractivity contribution in [1.82, 2.24) is 0 Å². The van der Waals surface area contributed by atoms with Crippen molar-refractivity contribution in [2.45, 2.75) is 29.7 Å². The highest BCUT2D eigenvalue weighted by Gasteiger charge is 2.09. The molecular weight excluding hydrogens is 348 g/mol. The zero-order chi connectivity index (χ0) is 15.4. The Balaban J connectivity index is 2.20. The Hall–Kier alpha value is -1.30. The fourth-order valence-electron chi connectivity index (χ4n) is 1.90. The van der Waals surface area contributed by atoms with Crippen molar-refractivity contribution in [1.29, 1.82) is 0 Å². The lowest BCUT2D eigenvalue weighted by atomic mass is 10.1. The van der Waals surface area contributed by atoms with Gasteiger partial charge in [0.2, 0.25) is 5.91 Å². The van der Waals surface area contributed by atoms with Crippen LogP contribution in [0.25, 0.3) is 0 Å². The Kier molecular flexibility index (Phi) is 5.45. The number of halogens is 1. The molecule has 21 heavy (non-hydrogen) atoms. The molecule has 0 bridgehead atoms. The maximum atomic E-state index is 11.0. The highest BCUT2D eigenvalue weighted by Crippen LogP contribution is 2.34. The molecule has 0 heterocycles. The second-order valence-electron chi connectivity index (χ2n) is 4.78. The van der Waals surface area contributed by atoms with Gasteiger partial charge in [-0.1, -0.05) is 27.7 Å². The maximum Gasteiger partial charge on any atom is 0.221 e. The van der Waals surface area contributed by atoms with Crippen LogP contribution in [0.5, 0.6) is 0 Å². The summed E-state index contributed by atoms with van der Waals surface area (Å²) in [6, 6.07) is 13.9. The molecule has 0 aromatic heterocycles. The van der Waals surface area contributed by atoms with E-state index in [4.69, 9.17) is 5.73 Å². The summed E-state index contributed by atoms with van der Waals surface area (Å²) in [5, 5.41) is 2.76. The number of hydrogen-bond donors (Lipinski definition) is 2. The first-order chi connectivity index (χ1) is 9.95. The molecule has 0 fully saturated rings. The molecule has 0 aliphatic carbocycles. The highest BCUT2D eigenvalue weighted by atomic mass is 79.9. The summed E-state index contributed by atoms with van der Waals surface area (Å²) in [6.45, 7) is 3.48. The molecule has 0 aliphatic heterocycles. The number of hydrogen-bond acceptors (Lipinski definition) is 3. The molecule has 0 saturated carbocycles. The van der Waals surface area contributed by atoms with E-state index >= 15 is 0 Å². The smallest absolute Gasteiger partial charge is 0.221 e. The van der Waals surface area contributed by atoms with Gasteiger partial charge in [-0.2, -0.15) is 0 Å². The molecule has 0 aliphatic rings. The van der Waals surface area contributed by atoms with E-state index in [1.165, 1.54) is 6.92 Å². The number of carbonyl (C=O) groups is 1. The number of carbonyl (C=O) groups excluding carboxylic acids is 1. The van der Waals surface area contributed by atoms with Crippen LogP contribution in [0.15, 0.2) is 56.7 Å². The van der Waals surface area contributed by atoms with Crippen LogP contribution >= 0.6 is 27.7 Å². The normalized spacial score (nSPS) is 12.0. The minimum atomic E-state index is -0.0671. The lowest BCUT2D eigenvalue weighted by Gasteiger charge is -2.13. The first-order valence-electron chi connectivity index (χ1n) is 6.56. The van der Waals surface area contributed by atoms with E-state index in [9.17, 15) is 4.79 Å². The SMILES string of the molecule is CC(=O)Nc1ccc(Sc2ccc(Br)cc2C(C)N)cc1. The Morgan fingerprint density at radius 3 is 2.48 bits per heavy atom. The monoisotopic (exact) mass is 364 g/mol. The molecule has 110 valence electrons. The van der Waals surface area contributed by atoms with Gasteiger partial charge in [-0.25, -0.2) is 0 Å². The largest absolute Gasteiger partial charge is 0.326 e. The average molecular weight is 365 g/mol. The second-order valence-corrected chi connectivity index (χ2v) is 6.81. The number of nitrogens with two attached hydrogens (primary N) is 1. The van der Waals surface area contributed by atoms with Gasteiger partial charge < -0.3 is 11.1 Å². The van der Waals surface area contributed by atoms with Gasteiger partial charge in [-0.05, 0) is 55.0 Å². The molecule has 2 aromatic rings. The van der Waals surface area contributed by atoms with Crippen molar-refractivity contribution in [2.24, 2.45) is 5.73 Å². The third-order valence-electron chi connectivity index (χ3n) is 2.86. The zero-order valence-corrected chi connectivity index (χ0v) is 14.3. The predicted octanol–water partition coefficient (Wildman–Crippen LogP) is 4.58. The van der Waals surface area contributed by atoms with Crippen molar-refractivity contribution in [3.63, 3.8) is 0 Å². The number of anilines is 1. The van der Waals surface area contributed by atoms with Crippen LogP contribution in [0.1, 0.15) is 25.5 Å². The molecule has 0 radical (unpaired) electrons. The standard InChI is InChI=1S/C16H17BrN2OS/c1-10(18)15-9-12(17)3-8-16(15)21-14-6-4-13(5-7-14)19-11(2)20/h3-10H,18H2,1-2H3,(H,19,20). The predicted molar refractivity (Wildman–Crippen MR) is 91.6 cm³/mol. The van der Waals surface area contributed by atoms with Crippen molar-refractivity contribution in [2.75, 3.05) is 5.32 Å². The van der Waals surface area contributed by atoms with E-state index in [-0.39, 0.29) is 11.9 Å². The molecular formula is C16H17BrN2OS. The van der Waals surface area contributed by atoms with Gasteiger partial charge in [0.15, 0.2) is 0 Å². The van der Waals surface area contributed by atoms with E-state index < -0.39 is 0 Å². The van der Waals surface area contributed by atoms with E-state index in [1.807, 2.05) is 37.3 Å². The van der Waals surface area contributed by atoms with Crippen LogP contribution in [-0.4, -0.2) is 5.91 Å². The fraction of sp³-hybridized carbons (Fsp3) is 0.188. The van der Waals surface area contributed by atoms with Gasteiger partial charge in [0.05, 0.1) is 0 Å². The molecule has 1 amide bonds.